The maximum absolute atomic E-state index is 13.6. The van der Waals surface area contributed by atoms with E-state index < -0.39 is 9.84 Å². The first kappa shape index (κ1) is 27.6. The van der Waals surface area contributed by atoms with Crippen molar-refractivity contribution in [3.8, 4) is 0 Å². The van der Waals surface area contributed by atoms with Crippen LogP contribution in [0.25, 0.3) is 10.8 Å². The van der Waals surface area contributed by atoms with Crippen molar-refractivity contribution < 1.29 is 8.42 Å². The summed E-state index contributed by atoms with van der Waals surface area (Å²) in [7, 11) is -1.72. The predicted molar refractivity (Wildman–Crippen MR) is 159 cm³/mol. The number of hydrogen-bond donors (Lipinski definition) is 1. The van der Waals surface area contributed by atoms with Gasteiger partial charge in [-0.05, 0) is 68.5 Å². The molecule has 0 aliphatic carbocycles. The molecule has 1 fully saturated rings. The van der Waals surface area contributed by atoms with Gasteiger partial charge < -0.3 is 15.1 Å². The number of piperazine rings is 1. The Morgan fingerprint density at radius 3 is 2.23 bits per heavy atom. The minimum atomic E-state index is -3.54. The number of aromatic nitrogens is 4. The predicted octanol–water partition coefficient (Wildman–Crippen LogP) is 3.55. The number of sulfone groups is 1. The average molecular weight is 562 g/mol. The minimum absolute atomic E-state index is 0.0183. The van der Waals surface area contributed by atoms with Crippen LogP contribution in [0.5, 0.6) is 0 Å². The van der Waals surface area contributed by atoms with Gasteiger partial charge in [0, 0.05) is 56.6 Å². The van der Waals surface area contributed by atoms with Gasteiger partial charge in [-0.1, -0.05) is 6.07 Å². The molecule has 1 saturated heterocycles. The SMILES string of the molecule is Cc1cc([C@@H](C)Nc2ccc(C)nc2S(C)(=O)=O)c2cc(N3CCN(c4cnc(C)nc4)CC3)n(C)c(=O)c2c1. The number of nitrogens with one attached hydrogen (secondary N) is 1. The van der Waals surface area contributed by atoms with Gasteiger partial charge in [0.25, 0.3) is 5.56 Å². The summed E-state index contributed by atoms with van der Waals surface area (Å²) in [6.45, 7) is 10.6. The van der Waals surface area contributed by atoms with Gasteiger partial charge in [-0.3, -0.25) is 9.36 Å². The zero-order chi connectivity index (χ0) is 28.8. The highest BCUT2D eigenvalue weighted by Crippen LogP contribution is 2.32. The molecule has 0 unspecified atom stereocenters. The molecule has 0 bridgehead atoms. The van der Waals surface area contributed by atoms with Crippen LogP contribution in [0.15, 0.2) is 52.5 Å². The normalized spacial score (nSPS) is 14.9. The number of aryl methyl sites for hydroxylation is 3. The van der Waals surface area contributed by atoms with Crippen molar-refractivity contribution in [2.75, 3.05) is 47.6 Å². The molecule has 210 valence electrons. The second kappa shape index (κ2) is 10.5. The molecular weight excluding hydrogens is 526 g/mol. The van der Waals surface area contributed by atoms with Crippen molar-refractivity contribution in [3.63, 3.8) is 0 Å². The smallest absolute Gasteiger partial charge is 0.259 e. The fraction of sp³-hybridized carbons (Fsp3) is 0.379. The maximum Gasteiger partial charge on any atom is 0.259 e. The summed E-state index contributed by atoms with van der Waals surface area (Å²) in [5.41, 5.74) is 3.88. The van der Waals surface area contributed by atoms with Gasteiger partial charge in [-0.25, -0.2) is 23.4 Å². The molecule has 5 rings (SSSR count). The van der Waals surface area contributed by atoms with E-state index in [2.05, 4.69) is 42.2 Å². The Balaban J connectivity index is 1.50. The van der Waals surface area contributed by atoms with Crippen molar-refractivity contribution in [1.82, 2.24) is 19.5 Å². The van der Waals surface area contributed by atoms with Crippen LogP contribution in [0.1, 0.15) is 35.6 Å². The van der Waals surface area contributed by atoms with Gasteiger partial charge in [0.1, 0.15) is 11.6 Å². The quantitative estimate of drug-likeness (QED) is 0.378. The molecule has 1 N–H and O–H groups in total. The molecule has 1 aromatic carbocycles. The molecule has 0 radical (unpaired) electrons. The van der Waals surface area contributed by atoms with Crippen molar-refractivity contribution in [1.29, 1.82) is 0 Å². The summed E-state index contributed by atoms with van der Waals surface area (Å²) in [6.07, 6.45) is 4.87. The van der Waals surface area contributed by atoms with E-state index in [-0.39, 0.29) is 16.6 Å². The molecule has 4 aromatic rings. The van der Waals surface area contributed by atoms with E-state index in [0.29, 0.717) is 16.8 Å². The van der Waals surface area contributed by atoms with Crippen LogP contribution in [-0.2, 0) is 16.9 Å². The number of hydrogen-bond acceptors (Lipinski definition) is 9. The first-order valence-corrected chi connectivity index (χ1v) is 15.2. The first-order chi connectivity index (χ1) is 18.9. The third kappa shape index (κ3) is 5.38. The molecule has 40 heavy (non-hydrogen) atoms. The molecule has 0 spiro atoms. The lowest BCUT2D eigenvalue weighted by molar-refractivity contribution is 0.598. The summed E-state index contributed by atoms with van der Waals surface area (Å²) in [4.78, 5) is 31.0. The number of pyridine rings is 2. The summed E-state index contributed by atoms with van der Waals surface area (Å²) < 4.78 is 26.6. The lowest BCUT2D eigenvalue weighted by Gasteiger charge is -2.37. The second-order valence-corrected chi connectivity index (χ2v) is 12.5. The van der Waals surface area contributed by atoms with Crippen molar-refractivity contribution in [2.45, 2.75) is 38.8 Å². The highest BCUT2D eigenvalue weighted by molar-refractivity contribution is 7.90. The van der Waals surface area contributed by atoms with E-state index >= 15 is 0 Å². The van der Waals surface area contributed by atoms with Crippen LogP contribution in [0.2, 0.25) is 0 Å². The largest absolute Gasteiger partial charge is 0.376 e. The topological polar surface area (TPSA) is 113 Å². The van der Waals surface area contributed by atoms with Gasteiger partial charge in [0.05, 0.1) is 23.8 Å². The third-order valence-electron chi connectivity index (χ3n) is 7.43. The van der Waals surface area contributed by atoms with E-state index in [4.69, 9.17) is 0 Å². The molecule has 1 atom stereocenters. The third-order valence-corrected chi connectivity index (χ3v) is 8.45. The Morgan fingerprint density at radius 1 is 0.925 bits per heavy atom. The maximum atomic E-state index is 13.6. The summed E-state index contributed by atoms with van der Waals surface area (Å²) >= 11 is 0. The first-order valence-electron chi connectivity index (χ1n) is 13.3. The Hall–Kier alpha value is -3.99. The lowest BCUT2D eigenvalue weighted by atomic mass is 9.97. The number of fused-ring (bicyclic) bond motifs is 1. The molecule has 10 nitrogen and oxygen atoms in total. The Bertz CT molecular complexity index is 1740. The number of rotatable bonds is 6. The molecule has 3 aromatic heterocycles. The fourth-order valence-corrected chi connectivity index (χ4v) is 6.15. The van der Waals surface area contributed by atoms with Crippen molar-refractivity contribution in [3.05, 3.63) is 75.7 Å². The Morgan fingerprint density at radius 2 is 1.57 bits per heavy atom. The fourth-order valence-electron chi connectivity index (χ4n) is 5.32. The molecular formula is C29H35N7O3S. The van der Waals surface area contributed by atoms with E-state index in [0.717, 1.165) is 66.3 Å². The number of nitrogens with zero attached hydrogens (tertiary/aromatic N) is 6. The standard InChI is InChI=1S/C29H35N7O3S/c1-18-13-23(20(3)33-26-8-7-19(2)32-28(26)40(6,38)39)24-15-27(34(5)29(37)25(24)14-18)36-11-9-35(10-12-36)22-16-30-21(4)31-17-22/h7-8,13-17,20,33H,9-12H2,1-6H3/t20-/m1/s1. The molecule has 4 heterocycles. The van der Waals surface area contributed by atoms with Gasteiger partial charge in [-0.2, -0.15) is 0 Å². The lowest BCUT2D eigenvalue weighted by Crippen LogP contribution is -2.48. The molecule has 1 aliphatic heterocycles. The van der Waals surface area contributed by atoms with Crippen molar-refractivity contribution in [2.24, 2.45) is 7.05 Å². The van der Waals surface area contributed by atoms with Crippen LogP contribution >= 0.6 is 0 Å². The number of anilines is 3. The van der Waals surface area contributed by atoms with E-state index in [1.807, 2.05) is 46.3 Å². The Labute approximate surface area is 234 Å². The van der Waals surface area contributed by atoms with Gasteiger partial charge in [-0.15, -0.1) is 0 Å². The van der Waals surface area contributed by atoms with Gasteiger partial charge in [0.15, 0.2) is 14.9 Å². The molecule has 11 heteroatoms. The van der Waals surface area contributed by atoms with Crippen LogP contribution in [0.3, 0.4) is 0 Å². The summed E-state index contributed by atoms with van der Waals surface area (Å²) in [5, 5.41) is 4.86. The van der Waals surface area contributed by atoms with Gasteiger partial charge >= 0.3 is 0 Å². The van der Waals surface area contributed by atoms with Crippen LogP contribution in [0.4, 0.5) is 17.2 Å². The van der Waals surface area contributed by atoms with Crippen LogP contribution in [-0.4, -0.2) is 60.4 Å². The van der Waals surface area contributed by atoms with E-state index in [1.54, 1.807) is 23.6 Å². The monoisotopic (exact) mass is 561 g/mol. The molecule has 1 aliphatic rings. The zero-order valence-electron chi connectivity index (χ0n) is 23.8. The minimum Gasteiger partial charge on any atom is -0.376 e. The van der Waals surface area contributed by atoms with Crippen LogP contribution in [0, 0.1) is 20.8 Å². The Kier molecular flexibility index (Phi) is 7.26. The number of benzene rings is 1. The highest BCUT2D eigenvalue weighted by Gasteiger charge is 2.23. The second-order valence-electron chi connectivity index (χ2n) is 10.6. The average Bonchev–Trinajstić information content (AvgIpc) is 2.91. The summed E-state index contributed by atoms with van der Waals surface area (Å²) in [6, 6.07) is 9.30. The summed E-state index contributed by atoms with van der Waals surface area (Å²) in [5.74, 6) is 1.60. The zero-order valence-corrected chi connectivity index (χ0v) is 24.6. The highest BCUT2D eigenvalue weighted by atomic mass is 32.2. The van der Waals surface area contributed by atoms with Crippen molar-refractivity contribution >= 4 is 37.8 Å². The van der Waals surface area contributed by atoms with Crippen LogP contribution < -0.4 is 20.7 Å². The molecule has 0 saturated carbocycles. The van der Waals surface area contributed by atoms with E-state index in [9.17, 15) is 13.2 Å². The molecule has 0 amide bonds. The van der Waals surface area contributed by atoms with E-state index in [1.165, 1.54) is 0 Å². The van der Waals surface area contributed by atoms with Gasteiger partial charge in [0.2, 0.25) is 0 Å².